The van der Waals surface area contributed by atoms with Gasteiger partial charge in [-0.2, -0.15) is 5.10 Å². The number of benzene rings is 1. The number of aryl methyl sites for hydroxylation is 1. The summed E-state index contributed by atoms with van der Waals surface area (Å²) in [7, 11) is 1.79. The number of rotatable bonds is 5. The van der Waals surface area contributed by atoms with E-state index >= 15 is 0 Å². The van der Waals surface area contributed by atoms with E-state index in [0.717, 1.165) is 17.1 Å². The Labute approximate surface area is 118 Å². The lowest BCUT2D eigenvalue weighted by Gasteiger charge is -2.12. The van der Waals surface area contributed by atoms with Crippen molar-refractivity contribution >= 4 is 0 Å². The molecule has 0 aliphatic heterocycles. The third-order valence-electron chi connectivity index (χ3n) is 2.92. The summed E-state index contributed by atoms with van der Waals surface area (Å²) < 4.78 is 7.19. The first kappa shape index (κ1) is 14.3. The van der Waals surface area contributed by atoms with Crippen molar-refractivity contribution in [3.63, 3.8) is 0 Å². The van der Waals surface area contributed by atoms with Crippen LogP contribution in [0, 0.1) is 6.92 Å². The number of hydrogen-bond acceptors (Lipinski definition) is 4. The van der Waals surface area contributed by atoms with Crippen molar-refractivity contribution in [3.8, 4) is 11.4 Å². The topological polar surface area (TPSA) is 56.1 Å². The van der Waals surface area contributed by atoms with Crippen molar-refractivity contribution in [2.45, 2.75) is 20.4 Å². The van der Waals surface area contributed by atoms with Gasteiger partial charge in [0.05, 0.1) is 12.3 Å². The molecule has 5 nitrogen and oxygen atoms in total. The lowest BCUT2D eigenvalue weighted by molar-refractivity contribution is 0.340. The molecule has 0 radical (unpaired) electrons. The second kappa shape index (κ2) is 6.34. The molecule has 106 valence electrons. The van der Waals surface area contributed by atoms with E-state index < -0.39 is 0 Å². The highest BCUT2D eigenvalue weighted by atomic mass is 16.5. The average Bonchev–Trinajstić information content (AvgIpc) is 2.43. The Morgan fingerprint density at radius 1 is 1.30 bits per heavy atom. The maximum absolute atomic E-state index is 11.8. The Morgan fingerprint density at radius 2 is 2.00 bits per heavy atom. The van der Waals surface area contributed by atoms with Crippen molar-refractivity contribution in [2.24, 2.45) is 0 Å². The first-order chi connectivity index (χ1) is 9.65. The van der Waals surface area contributed by atoms with Crippen LogP contribution in [0.3, 0.4) is 0 Å². The van der Waals surface area contributed by atoms with Gasteiger partial charge in [0.2, 0.25) is 5.43 Å². The molecule has 0 aliphatic rings. The van der Waals surface area contributed by atoms with Crippen LogP contribution in [-0.4, -0.2) is 23.4 Å². The summed E-state index contributed by atoms with van der Waals surface area (Å²) in [6.07, 6.45) is 0. The first-order valence-corrected chi connectivity index (χ1v) is 6.63. The van der Waals surface area contributed by atoms with Gasteiger partial charge in [-0.05, 0) is 45.2 Å². The molecule has 1 N–H and O–H groups in total. The fraction of sp³-hybridized carbons (Fsp3) is 0.333. The zero-order valence-electron chi connectivity index (χ0n) is 12.0. The molecule has 2 aromatic rings. The van der Waals surface area contributed by atoms with Gasteiger partial charge in [-0.3, -0.25) is 4.79 Å². The SMILES string of the molecule is CCOc1ccc(-n2nc(CNC)c(=O)cc2C)cc1. The van der Waals surface area contributed by atoms with Gasteiger partial charge < -0.3 is 10.1 Å². The summed E-state index contributed by atoms with van der Waals surface area (Å²) in [5.41, 5.74) is 2.17. The Hall–Kier alpha value is -2.14. The maximum atomic E-state index is 11.8. The highest BCUT2D eigenvalue weighted by Gasteiger charge is 2.07. The zero-order chi connectivity index (χ0) is 14.5. The number of ether oxygens (including phenoxy) is 1. The Kier molecular flexibility index (Phi) is 4.53. The minimum atomic E-state index is -0.0426. The normalized spacial score (nSPS) is 10.6. The minimum absolute atomic E-state index is 0.0426. The molecule has 5 heteroatoms. The largest absolute Gasteiger partial charge is 0.494 e. The molecule has 0 atom stereocenters. The molecule has 2 rings (SSSR count). The average molecular weight is 273 g/mol. The summed E-state index contributed by atoms with van der Waals surface area (Å²) in [6, 6.07) is 9.26. The summed E-state index contributed by atoms with van der Waals surface area (Å²) >= 11 is 0. The molecule has 0 bridgehead atoms. The molecule has 20 heavy (non-hydrogen) atoms. The smallest absolute Gasteiger partial charge is 0.204 e. The Balaban J connectivity index is 2.40. The monoisotopic (exact) mass is 273 g/mol. The van der Waals surface area contributed by atoms with Crippen LogP contribution in [0.15, 0.2) is 35.1 Å². The van der Waals surface area contributed by atoms with E-state index in [4.69, 9.17) is 4.74 Å². The predicted molar refractivity (Wildman–Crippen MR) is 78.5 cm³/mol. The number of nitrogens with one attached hydrogen (secondary N) is 1. The van der Waals surface area contributed by atoms with Crippen molar-refractivity contribution in [3.05, 3.63) is 51.9 Å². The lowest BCUT2D eigenvalue weighted by atomic mass is 10.2. The van der Waals surface area contributed by atoms with Crippen LogP contribution in [0.25, 0.3) is 5.69 Å². The van der Waals surface area contributed by atoms with Gasteiger partial charge in [-0.25, -0.2) is 4.68 Å². The maximum Gasteiger partial charge on any atom is 0.204 e. The molecule has 0 amide bonds. The molecule has 0 fully saturated rings. The standard InChI is InChI=1S/C15H19N3O2/c1-4-20-13-7-5-12(6-8-13)18-11(2)9-15(19)14(17-18)10-16-3/h5-9,16H,4,10H2,1-3H3. The Bertz CT molecular complexity index is 633. The molecular weight excluding hydrogens is 254 g/mol. The molecule has 0 spiro atoms. The van der Waals surface area contributed by atoms with Crippen molar-refractivity contribution in [1.82, 2.24) is 15.1 Å². The van der Waals surface area contributed by atoms with Crippen LogP contribution in [0.4, 0.5) is 0 Å². The molecule has 0 saturated heterocycles. The second-order valence-electron chi connectivity index (χ2n) is 4.47. The van der Waals surface area contributed by atoms with E-state index in [2.05, 4.69) is 10.4 Å². The molecule has 0 saturated carbocycles. The molecule has 1 aromatic carbocycles. The molecule has 1 aromatic heterocycles. The van der Waals surface area contributed by atoms with Crippen molar-refractivity contribution < 1.29 is 4.74 Å². The fourth-order valence-corrected chi connectivity index (χ4v) is 1.98. The third-order valence-corrected chi connectivity index (χ3v) is 2.92. The van der Waals surface area contributed by atoms with E-state index in [1.54, 1.807) is 17.8 Å². The quantitative estimate of drug-likeness (QED) is 0.900. The first-order valence-electron chi connectivity index (χ1n) is 6.63. The summed E-state index contributed by atoms with van der Waals surface area (Å²) in [4.78, 5) is 11.8. The molecule has 0 unspecified atom stereocenters. The second-order valence-corrected chi connectivity index (χ2v) is 4.47. The van der Waals surface area contributed by atoms with Crippen LogP contribution in [-0.2, 0) is 6.54 Å². The number of aromatic nitrogens is 2. The number of hydrogen-bond donors (Lipinski definition) is 1. The summed E-state index contributed by atoms with van der Waals surface area (Å²) in [6.45, 7) is 4.91. The third kappa shape index (κ3) is 3.05. The fourth-order valence-electron chi connectivity index (χ4n) is 1.98. The highest BCUT2D eigenvalue weighted by Crippen LogP contribution is 2.15. The highest BCUT2D eigenvalue weighted by molar-refractivity contribution is 5.38. The Morgan fingerprint density at radius 3 is 2.60 bits per heavy atom. The molecule has 0 aliphatic carbocycles. The summed E-state index contributed by atoms with van der Waals surface area (Å²) in [5.74, 6) is 0.824. The van der Waals surface area contributed by atoms with E-state index in [0.29, 0.717) is 18.8 Å². The van der Waals surface area contributed by atoms with Gasteiger partial charge in [-0.15, -0.1) is 0 Å². The minimum Gasteiger partial charge on any atom is -0.494 e. The van der Waals surface area contributed by atoms with E-state index in [1.165, 1.54) is 0 Å². The van der Waals surface area contributed by atoms with Crippen LogP contribution in [0.5, 0.6) is 5.75 Å². The molecular formula is C15H19N3O2. The van der Waals surface area contributed by atoms with Crippen LogP contribution < -0.4 is 15.5 Å². The van der Waals surface area contributed by atoms with Crippen LogP contribution in [0.1, 0.15) is 18.3 Å². The van der Waals surface area contributed by atoms with Gasteiger partial charge in [0.15, 0.2) is 0 Å². The van der Waals surface area contributed by atoms with Crippen LogP contribution in [0.2, 0.25) is 0 Å². The molecule has 1 heterocycles. The number of nitrogens with zero attached hydrogens (tertiary/aromatic N) is 2. The lowest BCUT2D eigenvalue weighted by Crippen LogP contribution is -2.22. The van der Waals surface area contributed by atoms with Crippen LogP contribution >= 0.6 is 0 Å². The van der Waals surface area contributed by atoms with Gasteiger partial charge in [0.25, 0.3) is 0 Å². The summed E-state index contributed by atoms with van der Waals surface area (Å²) in [5, 5.41) is 7.36. The van der Waals surface area contributed by atoms with Crippen molar-refractivity contribution in [2.75, 3.05) is 13.7 Å². The van der Waals surface area contributed by atoms with E-state index in [9.17, 15) is 4.79 Å². The van der Waals surface area contributed by atoms with Gasteiger partial charge in [-0.1, -0.05) is 0 Å². The van der Waals surface area contributed by atoms with E-state index in [1.807, 2.05) is 38.1 Å². The van der Waals surface area contributed by atoms with Gasteiger partial charge in [0.1, 0.15) is 11.4 Å². The van der Waals surface area contributed by atoms with Crippen molar-refractivity contribution in [1.29, 1.82) is 0 Å². The van der Waals surface area contributed by atoms with Gasteiger partial charge >= 0.3 is 0 Å². The zero-order valence-corrected chi connectivity index (χ0v) is 12.0. The predicted octanol–water partition coefficient (Wildman–Crippen LogP) is 1.66. The van der Waals surface area contributed by atoms with Gasteiger partial charge in [0, 0.05) is 18.3 Å². The van der Waals surface area contributed by atoms with E-state index in [-0.39, 0.29) is 5.43 Å².